The predicted octanol–water partition coefficient (Wildman–Crippen LogP) is 1.45. The van der Waals surface area contributed by atoms with Crippen LogP contribution in [0.2, 0.25) is 0 Å². The maximum absolute atomic E-state index is 12.7. The van der Waals surface area contributed by atoms with Gasteiger partial charge in [0.25, 0.3) is 0 Å². The summed E-state index contributed by atoms with van der Waals surface area (Å²) in [6.07, 6.45) is 1.06. The van der Waals surface area contributed by atoms with Gasteiger partial charge in [-0.25, -0.2) is 14.6 Å². The van der Waals surface area contributed by atoms with E-state index >= 15 is 0 Å². The molecule has 25 heavy (non-hydrogen) atoms. The van der Waals surface area contributed by atoms with E-state index in [2.05, 4.69) is 10.3 Å². The van der Waals surface area contributed by atoms with E-state index in [9.17, 15) is 14.4 Å². The number of likely N-dealkylation sites (tertiary alicyclic amines) is 1. The number of carbonyl (C=O) groups is 3. The third-order valence-corrected chi connectivity index (χ3v) is 4.45. The molecule has 0 aromatic carbocycles. The summed E-state index contributed by atoms with van der Waals surface area (Å²) in [5, 5.41) is 2.73. The molecule has 1 spiro atoms. The molecule has 134 valence electrons. The van der Waals surface area contributed by atoms with Gasteiger partial charge in [-0.2, -0.15) is 0 Å². The Morgan fingerprint density at radius 2 is 2.12 bits per heavy atom. The van der Waals surface area contributed by atoms with Crippen molar-refractivity contribution in [2.24, 2.45) is 0 Å². The molecule has 2 aliphatic rings. The molecule has 0 radical (unpaired) electrons. The SMILES string of the molecule is COC(=O)[C@@H]1C[C@@]2(CN1C(=O)OC(C)(C)C)C(=O)Nc1ncccc12. The number of hydrogen-bond donors (Lipinski definition) is 1. The van der Waals surface area contributed by atoms with E-state index in [0.29, 0.717) is 11.4 Å². The van der Waals surface area contributed by atoms with Crippen LogP contribution in [0.15, 0.2) is 18.3 Å². The maximum Gasteiger partial charge on any atom is 0.411 e. The number of esters is 1. The zero-order valence-electron chi connectivity index (χ0n) is 14.7. The van der Waals surface area contributed by atoms with Crippen LogP contribution in [0.25, 0.3) is 0 Å². The zero-order valence-corrected chi connectivity index (χ0v) is 14.7. The number of ether oxygens (including phenoxy) is 2. The number of fused-ring (bicyclic) bond motifs is 2. The lowest BCUT2D eigenvalue weighted by Crippen LogP contribution is -2.44. The number of methoxy groups -OCH3 is 1. The number of hydrogen-bond acceptors (Lipinski definition) is 6. The summed E-state index contributed by atoms with van der Waals surface area (Å²) < 4.78 is 10.2. The lowest BCUT2D eigenvalue weighted by molar-refractivity contribution is -0.145. The molecule has 1 aromatic heterocycles. The first-order valence-corrected chi connectivity index (χ1v) is 8.02. The second kappa shape index (κ2) is 5.72. The van der Waals surface area contributed by atoms with Gasteiger partial charge in [-0.15, -0.1) is 0 Å². The third kappa shape index (κ3) is 2.81. The number of rotatable bonds is 1. The van der Waals surface area contributed by atoms with Gasteiger partial charge in [0, 0.05) is 18.3 Å². The van der Waals surface area contributed by atoms with Gasteiger partial charge in [-0.05, 0) is 33.3 Å². The van der Waals surface area contributed by atoms with Crippen LogP contribution in [-0.2, 0) is 24.5 Å². The van der Waals surface area contributed by atoms with Crippen molar-refractivity contribution in [2.75, 3.05) is 19.0 Å². The molecule has 0 aliphatic carbocycles. The molecular formula is C17H21N3O5. The molecule has 2 aliphatic heterocycles. The highest BCUT2D eigenvalue weighted by Crippen LogP contribution is 2.46. The molecule has 1 aromatic rings. The Labute approximate surface area is 145 Å². The minimum absolute atomic E-state index is 0.0339. The van der Waals surface area contributed by atoms with E-state index < -0.39 is 29.1 Å². The van der Waals surface area contributed by atoms with Crippen molar-refractivity contribution in [3.8, 4) is 0 Å². The van der Waals surface area contributed by atoms with Gasteiger partial charge in [-0.3, -0.25) is 9.69 Å². The summed E-state index contributed by atoms with van der Waals surface area (Å²) in [6, 6.07) is 2.62. The summed E-state index contributed by atoms with van der Waals surface area (Å²) >= 11 is 0. The zero-order chi connectivity index (χ0) is 18.4. The average Bonchev–Trinajstić information content (AvgIpc) is 3.06. The first kappa shape index (κ1) is 17.2. The lowest BCUT2D eigenvalue weighted by Gasteiger charge is -2.27. The Morgan fingerprint density at radius 1 is 1.40 bits per heavy atom. The minimum Gasteiger partial charge on any atom is -0.467 e. The standard InChI is InChI=1S/C17H21N3O5/c1-16(2,3)25-15(23)20-9-17(8-11(20)13(21)24-4)10-6-5-7-18-12(10)19-14(17)22/h5-7,11H,8-9H2,1-4H3,(H,18,19,22)/t11-,17-/m0/s1. The number of amides is 2. The second-order valence-corrected chi connectivity index (χ2v) is 7.29. The Bertz CT molecular complexity index is 742. The highest BCUT2D eigenvalue weighted by Gasteiger charge is 2.58. The predicted molar refractivity (Wildman–Crippen MR) is 87.9 cm³/mol. The van der Waals surface area contributed by atoms with Crippen molar-refractivity contribution in [3.63, 3.8) is 0 Å². The smallest absolute Gasteiger partial charge is 0.411 e. The number of nitrogens with one attached hydrogen (secondary N) is 1. The van der Waals surface area contributed by atoms with E-state index in [-0.39, 0.29) is 18.9 Å². The Balaban J connectivity index is 1.99. The van der Waals surface area contributed by atoms with Gasteiger partial charge in [0.15, 0.2) is 0 Å². The molecule has 3 heterocycles. The molecule has 3 rings (SSSR count). The van der Waals surface area contributed by atoms with Gasteiger partial charge in [0.1, 0.15) is 17.5 Å². The van der Waals surface area contributed by atoms with Crippen molar-refractivity contribution < 1.29 is 23.9 Å². The molecule has 0 unspecified atom stereocenters. The van der Waals surface area contributed by atoms with E-state index in [1.807, 2.05) is 0 Å². The van der Waals surface area contributed by atoms with Gasteiger partial charge < -0.3 is 14.8 Å². The van der Waals surface area contributed by atoms with E-state index in [1.165, 1.54) is 12.0 Å². The van der Waals surface area contributed by atoms with Gasteiger partial charge in [0.2, 0.25) is 5.91 Å². The van der Waals surface area contributed by atoms with Crippen LogP contribution in [0.1, 0.15) is 32.8 Å². The fourth-order valence-corrected chi connectivity index (χ4v) is 3.36. The van der Waals surface area contributed by atoms with Crippen molar-refractivity contribution in [2.45, 2.75) is 44.2 Å². The molecule has 2 atom stereocenters. The maximum atomic E-state index is 12.7. The average molecular weight is 347 g/mol. The van der Waals surface area contributed by atoms with E-state index in [1.54, 1.807) is 39.1 Å². The van der Waals surface area contributed by atoms with E-state index in [4.69, 9.17) is 9.47 Å². The highest BCUT2D eigenvalue weighted by molar-refractivity contribution is 6.07. The second-order valence-electron chi connectivity index (χ2n) is 7.29. The van der Waals surface area contributed by atoms with Crippen LogP contribution in [-0.4, -0.2) is 53.2 Å². The van der Waals surface area contributed by atoms with Crippen molar-refractivity contribution in [3.05, 3.63) is 23.9 Å². The molecule has 8 nitrogen and oxygen atoms in total. The van der Waals surface area contributed by atoms with Gasteiger partial charge in [0.05, 0.1) is 12.5 Å². The quantitative estimate of drug-likeness (QED) is 0.772. The summed E-state index contributed by atoms with van der Waals surface area (Å²) in [5.74, 6) is -0.392. The largest absolute Gasteiger partial charge is 0.467 e. The van der Waals surface area contributed by atoms with Gasteiger partial charge >= 0.3 is 12.1 Å². The van der Waals surface area contributed by atoms with Crippen LogP contribution >= 0.6 is 0 Å². The van der Waals surface area contributed by atoms with Crippen LogP contribution < -0.4 is 5.32 Å². The number of anilines is 1. The molecule has 0 saturated carbocycles. The van der Waals surface area contributed by atoms with Crippen molar-refractivity contribution in [1.82, 2.24) is 9.88 Å². The Morgan fingerprint density at radius 3 is 2.76 bits per heavy atom. The summed E-state index contributed by atoms with van der Waals surface area (Å²) in [5.41, 5.74) is -1.07. The van der Waals surface area contributed by atoms with Gasteiger partial charge in [-0.1, -0.05) is 6.07 Å². The summed E-state index contributed by atoms with van der Waals surface area (Å²) in [6.45, 7) is 5.26. The molecule has 1 N–H and O–H groups in total. The molecule has 1 fully saturated rings. The molecular weight excluding hydrogens is 326 g/mol. The topological polar surface area (TPSA) is 97.8 Å². The first-order valence-electron chi connectivity index (χ1n) is 8.02. The van der Waals surface area contributed by atoms with Crippen LogP contribution in [0.3, 0.4) is 0 Å². The van der Waals surface area contributed by atoms with Crippen molar-refractivity contribution >= 4 is 23.8 Å². The van der Waals surface area contributed by atoms with Crippen molar-refractivity contribution in [1.29, 1.82) is 0 Å². The fourth-order valence-electron chi connectivity index (χ4n) is 3.36. The summed E-state index contributed by atoms with van der Waals surface area (Å²) in [7, 11) is 1.25. The normalized spacial score (nSPS) is 24.9. The van der Waals surface area contributed by atoms with E-state index in [0.717, 1.165) is 0 Å². The Kier molecular flexibility index (Phi) is 3.93. The number of pyridine rings is 1. The monoisotopic (exact) mass is 347 g/mol. The molecule has 1 saturated heterocycles. The summed E-state index contributed by atoms with van der Waals surface area (Å²) in [4.78, 5) is 43.0. The van der Waals surface area contributed by atoms with Crippen LogP contribution in [0.4, 0.5) is 10.6 Å². The minimum atomic E-state index is -1.03. The highest BCUT2D eigenvalue weighted by atomic mass is 16.6. The number of aromatic nitrogens is 1. The molecule has 2 amide bonds. The Hall–Kier alpha value is -2.64. The molecule has 0 bridgehead atoms. The number of nitrogens with zero attached hydrogens (tertiary/aromatic N) is 2. The van der Waals surface area contributed by atoms with Crippen LogP contribution in [0, 0.1) is 0 Å². The number of carbonyl (C=O) groups excluding carboxylic acids is 3. The lowest BCUT2D eigenvalue weighted by atomic mass is 9.80. The first-order chi connectivity index (χ1) is 11.7. The van der Waals surface area contributed by atoms with Crippen LogP contribution in [0.5, 0.6) is 0 Å². The molecule has 8 heteroatoms. The third-order valence-electron chi connectivity index (χ3n) is 4.45. The fraction of sp³-hybridized carbons (Fsp3) is 0.529.